The third-order valence-corrected chi connectivity index (χ3v) is 6.50. The van der Waals surface area contributed by atoms with E-state index in [1.54, 1.807) is 6.20 Å². The lowest BCUT2D eigenvalue weighted by Gasteiger charge is -2.10. The van der Waals surface area contributed by atoms with E-state index in [4.69, 9.17) is 5.73 Å². The summed E-state index contributed by atoms with van der Waals surface area (Å²) in [5, 5.41) is 5.01. The summed E-state index contributed by atoms with van der Waals surface area (Å²) < 4.78 is 2.39. The van der Waals surface area contributed by atoms with E-state index in [9.17, 15) is 0 Å². The van der Waals surface area contributed by atoms with E-state index >= 15 is 0 Å². The first-order chi connectivity index (χ1) is 17.7. The highest BCUT2D eigenvalue weighted by Crippen LogP contribution is 2.37. The molecule has 1 aromatic heterocycles. The van der Waals surface area contributed by atoms with Crippen molar-refractivity contribution in [3.63, 3.8) is 0 Å². The maximum Gasteiger partial charge on any atom is 0.0619 e. The van der Waals surface area contributed by atoms with Gasteiger partial charge < -0.3 is 10.3 Å². The zero-order valence-electron chi connectivity index (χ0n) is 20.7. The van der Waals surface area contributed by atoms with E-state index in [2.05, 4.69) is 115 Å². The Balaban J connectivity index is 1.73. The molecular formula is C34H30N2. The second-order valence-corrected chi connectivity index (χ2v) is 8.85. The Hall–Kier alpha value is -4.56. The topological polar surface area (TPSA) is 30.9 Å². The van der Waals surface area contributed by atoms with Gasteiger partial charge in [0.2, 0.25) is 0 Å². The Morgan fingerprint density at radius 2 is 1.56 bits per heavy atom. The van der Waals surface area contributed by atoms with Crippen LogP contribution in [0.2, 0.25) is 0 Å². The van der Waals surface area contributed by atoms with Crippen molar-refractivity contribution in [1.82, 2.24) is 4.57 Å². The fourth-order valence-electron chi connectivity index (χ4n) is 4.78. The molecule has 0 atom stereocenters. The zero-order valence-corrected chi connectivity index (χ0v) is 20.7. The lowest BCUT2D eigenvalue weighted by Crippen LogP contribution is -1.94. The third-order valence-electron chi connectivity index (χ3n) is 6.50. The number of benzene rings is 4. The first kappa shape index (κ1) is 23.2. The van der Waals surface area contributed by atoms with Crippen LogP contribution in [0.1, 0.15) is 19.4 Å². The summed E-state index contributed by atoms with van der Waals surface area (Å²) in [6, 6.07) is 30.5. The minimum Gasteiger partial charge on any atom is -0.405 e. The van der Waals surface area contributed by atoms with Crippen LogP contribution in [-0.4, -0.2) is 4.57 Å². The highest BCUT2D eigenvalue weighted by Gasteiger charge is 2.14. The van der Waals surface area contributed by atoms with Crippen LogP contribution < -0.4 is 5.73 Å². The Morgan fingerprint density at radius 3 is 2.36 bits per heavy atom. The van der Waals surface area contributed by atoms with Gasteiger partial charge in [0.05, 0.1) is 11.0 Å². The molecule has 1 heterocycles. The molecule has 0 bridgehead atoms. The number of allylic oxidation sites excluding steroid dienone is 8. The van der Waals surface area contributed by atoms with Crippen LogP contribution in [0.25, 0.3) is 44.3 Å². The SMILES string of the molecule is C\C=C/C=C\C(=C\c1ccc2c(ccc3c4ccccc4n(-c4ccccc4)c23)c1)C(\C)=C\C=C/N. The molecule has 2 N–H and O–H groups in total. The van der Waals surface area contributed by atoms with E-state index in [0.717, 1.165) is 16.7 Å². The van der Waals surface area contributed by atoms with E-state index in [1.165, 1.54) is 38.3 Å². The standard InChI is InChI=1S/C34H30N2/c1-3-4-6-13-27(25(2)12-11-22-35)23-26-18-20-30-28(24-26)19-21-32-31-16-9-10-17-33(31)36(34(30)32)29-14-7-5-8-15-29/h3-24H,35H2,1-2H3/b4-3-,13-6-,22-11-,25-12+,27-23-. The summed E-state index contributed by atoms with van der Waals surface area (Å²) in [6.07, 6.45) is 16.0. The van der Waals surface area contributed by atoms with Crippen LogP contribution in [0, 0.1) is 0 Å². The van der Waals surface area contributed by atoms with Gasteiger partial charge in [-0.25, -0.2) is 0 Å². The molecule has 0 saturated carbocycles. The van der Waals surface area contributed by atoms with Crippen molar-refractivity contribution in [3.8, 4) is 5.69 Å². The molecule has 0 unspecified atom stereocenters. The number of para-hydroxylation sites is 2. The summed E-state index contributed by atoms with van der Waals surface area (Å²) >= 11 is 0. The van der Waals surface area contributed by atoms with Crippen molar-refractivity contribution >= 4 is 38.7 Å². The number of nitrogens with zero attached hydrogens (tertiary/aromatic N) is 1. The average molecular weight is 467 g/mol. The molecule has 0 amide bonds. The van der Waals surface area contributed by atoms with Gasteiger partial charge in [0.25, 0.3) is 0 Å². The molecule has 0 spiro atoms. The molecular weight excluding hydrogens is 436 g/mol. The summed E-state index contributed by atoms with van der Waals surface area (Å²) in [4.78, 5) is 0. The summed E-state index contributed by atoms with van der Waals surface area (Å²) in [5.74, 6) is 0. The maximum absolute atomic E-state index is 5.57. The van der Waals surface area contributed by atoms with Gasteiger partial charge in [-0.15, -0.1) is 0 Å². The molecule has 5 rings (SSSR count). The molecule has 0 radical (unpaired) electrons. The monoisotopic (exact) mass is 466 g/mol. The number of hydrogen-bond donors (Lipinski definition) is 1. The molecule has 0 aliphatic carbocycles. The van der Waals surface area contributed by atoms with Crippen LogP contribution in [0.3, 0.4) is 0 Å². The zero-order chi connectivity index (χ0) is 24.9. The first-order valence-corrected chi connectivity index (χ1v) is 12.3. The molecule has 0 saturated heterocycles. The molecule has 0 aliphatic rings. The van der Waals surface area contributed by atoms with E-state index in [0.29, 0.717) is 0 Å². The van der Waals surface area contributed by atoms with Gasteiger partial charge in [0, 0.05) is 21.8 Å². The number of fused-ring (bicyclic) bond motifs is 5. The fraction of sp³-hybridized carbons (Fsp3) is 0.0588. The minimum atomic E-state index is 1.14. The van der Waals surface area contributed by atoms with Crippen LogP contribution in [0.4, 0.5) is 0 Å². The Kier molecular flexibility index (Phi) is 6.68. The summed E-state index contributed by atoms with van der Waals surface area (Å²) in [5.41, 5.74) is 12.7. The lowest BCUT2D eigenvalue weighted by molar-refractivity contribution is 1.19. The van der Waals surface area contributed by atoms with E-state index in [-0.39, 0.29) is 0 Å². The Labute approximate surface area is 212 Å². The van der Waals surface area contributed by atoms with Crippen molar-refractivity contribution in [2.75, 3.05) is 0 Å². The van der Waals surface area contributed by atoms with Crippen LogP contribution in [-0.2, 0) is 0 Å². The van der Waals surface area contributed by atoms with Crippen molar-refractivity contribution in [2.24, 2.45) is 5.73 Å². The van der Waals surface area contributed by atoms with Gasteiger partial charge in [-0.3, -0.25) is 0 Å². The normalized spacial score (nSPS) is 13.4. The first-order valence-electron chi connectivity index (χ1n) is 12.3. The molecule has 0 aliphatic heterocycles. The van der Waals surface area contributed by atoms with Crippen molar-refractivity contribution in [2.45, 2.75) is 13.8 Å². The third kappa shape index (κ3) is 4.42. The minimum absolute atomic E-state index is 1.14. The highest BCUT2D eigenvalue weighted by molar-refractivity contribution is 6.18. The number of aromatic nitrogens is 1. The largest absolute Gasteiger partial charge is 0.405 e. The van der Waals surface area contributed by atoms with Gasteiger partial charge in [-0.05, 0) is 78.6 Å². The number of nitrogens with two attached hydrogens (primary N) is 1. The smallest absolute Gasteiger partial charge is 0.0619 e. The Bertz CT molecular complexity index is 1690. The van der Waals surface area contributed by atoms with Crippen molar-refractivity contribution in [3.05, 3.63) is 144 Å². The van der Waals surface area contributed by atoms with Gasteiger partial charge in [0.1, 0.15) is 0 Å². The molecule has 2 heteroatoms. The highest BCUT2D eigenvalue weighted by atomic mass is 15.0. The predicted octanol–water partition coefficient (Wildman–Crippen LogP) is 8.87. The number of rotatable bonds is 6. The van der Waals surface area contributed by atoms with Crippen LogP contribution in [0.15, 0.2) is 139 Å². The molecule has 4 aromatic carbocycles. The second kappa shape index (κ2) is 10.4. The number of hydrogen-bond acceptors (Lipinski definition) is 1. The molecule has 5 aromatic rings. The lowest BCUT2D eigenvalue weighted by atomic mass is 9.99. The predicted molar refractivity (Wildman–Crippen MR) is 157 cm³/mol. The average Bonchev–Trinajstić information content (AvgIpc) is 3.26. The molecule has 176 valence electrons. The fourth-order valence-corrected chi connectivity index (χ4v) is 4.78. The summed E-state index contributed by atoms with van der Waals surface area (Å²) in [7, 11) is 0. The second-order valence-electron chi connectivity index (χ2n) is 8.85. The molecule has 0 fully saturated rings. The van der Waals surface area contributed by atoms with Gasteiger partial charge >= 0.3 is 0 Å². The van der Waals surface area contributed by atoms with Gasteiger partial charge in [-0.2, -0.15) is 0 Å². The van der Waals surface area contributed by atoms with Gasteiger partial charge in [0.15, 0.2) is 0 Å². The van der Waals surface area contributed by atoms with E-state index in [1.807, 2.05) is 31.2 Å². The van der Waals surface area contributed by atoms with Crippen LogP contribution >= 0.6 is 0 Å². The van der Waals surface area contributed by atoms with E-state index < -0.39 is 0 Å². The van der Waals surface area contributed by atoms with Crippen LogP contribution in [0.5, 0.6) is 0 Å². The van der Waals surface area contributed by atoms with Gasteiger partial charge in [-0.1, -0.05) is 91.0 Å². The van der Waals surface area contributed by atoms with Crippen molar-refractivity contribution in [1.29, 1.82) is 0 Å². The molecule has 2 nitrogen and oxygen atoms in total. The van der Waals surface area contributed by atoms with Crippen molar-refractivity contribution < 1.29 is 0 Å². The Morgan fingerprint density at radius 1 is 0.778 bits per heavy atom. The maximum atomic E-state index is 5.57. The molecule has 36 heavy (non-hydrogen) atoms. The summed E-state index contributed by atoms with van der Waals surface area (Å²) in [6.45, 7) is 4.13. The quantitative estimate of drug-likeness (QED) is 0.249.